The lowest BCUT2D eigenvalue weighted by atomic mass is 10.1. The van der Waals surface area contributed by atoms with Gasteiger partial charge in [0.15, 0.2) is 29.3 Å². The zero-order valence-electron chi connectivity index (χ0n) is 14.5. The van der Waals surface area contributed by atoms with Gasteiger partial charge in [-0.05, 0) is 0 Å². The number of aliphatic hydroxyl groups is 2. The minimum atomic E-state index is -1.26. The molecule has 0 spiro atoms. The number of aromatic nitrogens is 4. The first-order chi connectivity index (χ1) is 13.0. The third kappa shape index (κ3) is 3.47. The highest BCUT2D eigenvalue weighted by Gasteiger charge is 2.47. The van der Waals surface area contributed by atoms with Crippen LogP contribution in [0.3, 0.4) is 0 Å². The van der Waals surface area contributed by atoms with E-state index >= 15 is 0 Å². The largest absolute Gasteiger partial charge is 0.439 e. The van der Waals surface area contributed by atoms with Crippen molar-refractivity contribution < 1.29 is 29.3 Å². The van der Waals surface area contributed by atoms with E-state index in [1.807, 2.05) is 0 Å². The molecule has 3 amide bonds. The summed E-state index contributed by atoms with van der Waals surface area (Å²) in [5, 5.41) is 26.9. The van der Waals surface area contributed by atoms with Gasteiger partial charge in [0.1, 0.15) is 18.5 Å². The summed E-state index contributed by atoms with van der Waals surface area (Å²) in [6, 6.07) is -0.488. The summed E-state index contributed by atoms with van der Waals surface area (Å²) in [6.07, 6.45) is -2.55. The third-order valence-corrected chi connectivity index (χ3v) is 4.03. The molecule has 13 heteroatoms. The van der Waals surface area contributed by atoms with Crippen LogP contribution in [0.2, 0.25) is 0 Å². The molecule has 0 saturated carbocycles. The van der Waals surface area contributed by atoms with Crippen LogP contribution < -0.4 is 16.0 Å². The van der Waals surface area contributed by atoms with E-state index in [-0.39, 0.29) is 17.0 Å². The number of imidazole rings is 1. The van der Waals surface area contributed by atoms with Crippen molar-refractivity contribution in [3.05, 3.63) is 12.7 Å². The summed E-state index contributed by atoms with van der Waals surface area (Å²) in [7, 11) is 2.83. The number of nitrogens with zero attached hydrogens (tertiary/aromatic N) is 4. The predicted octanol–water partition coefficient (Wildman–Crippen LogP) is -1.45. The summed E-state index contributed by atoms with van der Waals surface area (Å²) in [6.45, 7) is -0.476. The number of amides is 3. The van der Waals surface area contributed by atoms with E-state index in [9.17, 15) is 19.8 Å². The fourth-order valence-electron chi connectivity index (χ4n) is 2.70. The molecule has 1 aliphatic heterocycles. The Labute approximate surface area is 152 Å². The predicted molar refractivity (Wildman–Crippen MR) is 89.7 cm³/mol. The highest BCUT2D eigenvalue weighted by molar-refractivity contribution is 5.95. The van der Waals surface area contributed by atoms with Crippen molar-refractivity contribution in [3.63, 3.8) is 0 Å². The SMILES string of the molecule is CNC(=O)Nc1ncnc2c1ncn2[C@@H]1O[C@H](CO)[C@@H](O)[C@H]1OC(=O)NC. The second-order valence-electron chi connectivity index (χ2n) is 5.61. The monoisotopic (exact) mass is 381 g/mol. The number of alkyl carbamates (subject to hydrolysis) is 1. The molecule has 0 aromatic carbocycles. The number of anilines is 1. The first-order valence-corrected chi connectivity index (χ1v) is 7.99. The number of nitrogens with one attached hydrogen (secondary N) is 3. The number of rotatable bonds is 4. The normalized spacial score (nSPS) is 24.6. The molecule has 1 saturated heterocycles. The van der Waals surface area contributed by atoms with E-state index in [4.69, 9.17) is 9.47 Å². The van der Waals surface area contributed by atoms with Gasteiger partial charge in [-0.15, -0.1) is 0 Å². The summed E-state index contributed by atoms with van der Waals surface area (Å²) in [4.78, 5) is 35.5. The lowest BCUT2D eigenvalue weighted by Gasteiger charge is -2.21. The standard InChI is InChI=1S/C14H19N7O6/c1-15-13(24)20-10-7-11(18-4-17-10)21(5-19-7)12-9(27-14(25)16-2)8(23)6(3-22)26-12/h4-6,8-9,12,22-23H,3H2,1-2H3,(H,16,25)(H2,15,17,18,20,24)/t6-,8-,9-,12-/m1/s1. The fraction of sp³-hybridized carbons (Fsp3) is 0.500. The van der Waals surface area contributed by atoms with Crippen molar-refractivity contribution in [2.45, 2.75) is 24.5 Å². The molecule has 0 radical (unpaired) electrons. The first-order valence-electron chi connectivity index (χ1n) is 7.99. The van der Waals surface area contributed by atoms with Crippen LogP contribution in [0, 0.1) is 0 Å². The highest BCUT2D eigenvalue weighted by atomic mass is 16.6. The van der Waals surface area contributed by atoms with Crippen LogP contribution in [-0.2, 0) is 9.47 Å². The Kier molecular flexibility index (Phi) is 5.34. The van der Waals surface area contributed by atoms with Crippen molar-refractivity contribution in [1.82, 2.24) is 30.2 Å². The van der Waals surface area contributed by atoms with Crippen LogP contribution in [0.4, 0.5) is 15.4 Å². The molecular weight excluding hydrogens is 362 g/mol. The lowest BCUT2D eigenvalue weighted by molar-refractivity contribution is -0.0528. The topological polar surface area (TPSA) is 173 Å². The van der Waals surface area contributed by atoms with E-state index in [2.05, 4.69) is 30.9 Å². The average Bonchev–Trinajstić information content (AvgIpc) is 3.23. The van der Waals surface area contributed by atoms with Crippen LogP contribution in [0.25, 0.3) is 11.2 Å². The Bertz CT molecular complexity index is 842. The fourth-order valence-corrected chi connectivity index (χ4v) is 2.70. The Morgan fingerprint density at radius 2 is 2.07 bits per heavy atom. The van der Waals surface area contributed by atoms with Crippen LogP contribution in [0.5, 0.6) is 0 Å². The molecule has 4 atom stereocenters. The number of hydrogen-bond donors (Lipinski definition) is 5. The number of hydrogen-bond acceptors (Lipinski definition) is 9. The molecule has 13 nitrogen and oxygen atoms in total. The number of aliphatic hydroxyl groups excluding tert-OH is 2. The molecule has 0 unspecified atom stereocenters. The summed E-state index contributed by atoms with van der Waals surface area (Å²) in [5.74, 6) is 0.166. The minimum absolute atomic E-state index is 0.166. The van der Waals surface area contributed by atoms with Gasteiger partial charge in [0.25, 0.3) is 0 Å². The van der Waals surface area contributed by atoms with Gasteiger partial charge in [-0.1, -0.05) is 0 Å². The Morgan fingerprint density at radius 1 is 1.30 bits per heavy atom. The van der Waals surface area contributed by atoms with Crippen LogP contribution in [0.15, 0.2) is 12.7 Å². The van der Waals surface area contributed by atoms with Crippen molar-refractivity contribution in [1.29, 1.82) is 0 Å². The molecule has 0 bridgehead atoms. The molecule has 2 aromatic rings. The van der Waals surface area contributed by atoms with Gasteiger partial charge >= 0.3 is 12.1 Å². The second kappa shape index (κ2) is 7.69. The molecule has 3 rings (SSSR count). The van der Waals surface area contributed by atoms with Crippen LogP contribution >= 0.6 is 0 Å². The van der Waals surface area contributed by atoms with Gasteiger partial charge in [-0.2, -0.15) is 0 Å². The van der Waals surface area contributed by atoms with Gasteiger partial charge in [-0.3, -0.25) is 9.88 Å². The van der Waals surface area contributed by atoms with Crippen LogP contribution in [-0.4, -0.2) is 80.9 Å². The summed E-state index contributed by atoms with van der Waals surface area (Å²) >= 11 is 0. The first kappa shape index (κ1) is 18.8. The van der Waals surface area contributed by atoms with E-state index in [0.29, 0.717) is 0 Å². The molecule has 27 heavy (non-hydrogen) atoms. The summed E-state index contributed by atoms with van der Waals surface area (Å²) < 4.78 is 12.3. The number of urea groups is 1. The van der Waals surface area contributed by atoms with Crippen LogP contribution in [0.1, 0.15) is 6.23 Å². The van der Waals surface area contributed by atoms with E-state index in [1.54, 1.807) is 0 Å². The van der Waals surface area contributed by atoms with Gasteiger partial charge in [-0.25, -0.2) is 24.5 Å². The Balaban J connectivity index is 1.98. The minimum Gasteiger partial charge on any atom is -0.439 e. The quantitative estimate of drug-likeness (QED) is 0.425. The van der Waals surface area contributed by atoms with E-state index < -0.39 is 43.3 Å². The second-order valence-corrected chi connectivity index (χ2v) is 5.61. The third-order valence-electron chi connectivity index (χ3n) is 4.03. The zero-order valence-corrected chi connectivity index (χ0v) is 14.5. The molecule has 5 N–H and O–H groups in total. The Hall–Kier alpha value is -3.03. The van der Waals surface area contributed by atoms with Crippen molar-refractivity contribution in [2.75, 3.05) is 26.0 Å². The molecule has 146 valence electrons. The van der Waals surface area contributed by atoms with Gasteiger partial charge in [0, 0.05) is 14.1 Å². The number of carbonyl (C=O) groups excluding carboxylic acids is 2. The number of fused-ring (bicyclic) bond motifs is 1. The maximum absolute atomic E-state index is 11.6. The molecule has 2 aromatic heterocycles. The zero-order chi connectivity index (χ0) is 19.6. The maximum Gasteiger partial charge on any atom is 0.407 e. The van der Waals surface area contributed by atoms with Gasteiger partial charge in [0.2, 0.25) is 0 Å². The smallest absolute Gasteiger partial charge is 0.407 e. The van der Waals surface area contributed by atoms with Gasteiger partial charge in [0.05, 0.1) is 12.9 Å². The van der Waals surface area contributed by atoms with Gasteiger partial charge < -0.3 is 30.3 Å². The average molecular weight is 381 g/mol. The van der Waals surface area contributed by atoms with Crippen molar-refractivity contribution >= 4 is 29.1 Å². The number of ether oxygens (including phenoxy) is 2. The molecular formula is C14H19N7O6. The molecule has 1 aliphatic rings. The van der Waals surface area contributed by atoms with E-state index in [1.165, 1.54) is 31.3 Å². The molecule has 0 aliphatic carbocycles. The Morgan fingerprint density at radius 3 is 2.74 bits per heavy atom. The number of carbonyl (C=O) groups is 2. The maximum atomic E-state index is 11.6. The highest BCUT2D eigenvalue weighted by Crippen LogP contribution is 2.34. The summed E-state index contributed by atoms with van der Waals surface area (Å²) in [5.41, 5.74) is 0.544. The van der Waals surface area contributed by atoms with E-state index in [0.717, 1.165) is 0 Å². The van der Waals surface area contributed by atoms with Crippen molar-refractivity contribution in [2.24, 2.45) is 0 Å². The lowest BCUT2D eigenvalue weighted by Crippen LogP contribution is -2.39. The van der Waals surface area contributed by atoms with Crippen molar-refractivity contribution in [3.8, 4) is 0 Å². The molecule has 3 heterocycles. The molecule has 1 fully saturated rings.